The van der Waals surface area contributed by atoms with Crippen molar-refractivity contribution in [3.63, 3.8) is 0 Å². The summed E-state index contributed by atoms with van der Waals surface area (Å²) in [6, 6.07) is 11.3. The molecule has 0 spiro atoms. The first-order chi connectivity index (χ1) is 13.4. The van der Waals surface area contributed by atoms with Crippen LogP contribution in [-0.2, 0) is 14.4 Å². The summed E-state index contributed by atoms with van der Waals surface area (Å²) in [6.07, 6.45) is 4.45. The van der Waals surface area contributed by atoms with E-state index in [2.05, 4.69) is 10.6 Å². The van der Waals surface area contributed by atoms with Gasteiger partial charge in [0.1, 0.15) is 5.82 Å². The number of rotatable bonds is 5. The van der Waals surface area contributed by atoms with Crippen LogP contribution in [0.25, 0.3) is 6.08 Å². The molecule has 28 heavy (non-hydrogen) atoms. The lowest BCUT2D eigenvalue weighted by atomic mass is 10.2. The Kier molecular flexibility index (Phi) is 5.84. The van der Waals surface area contributed by atoms with Crippen molar-refractivity contribution < 1.29 is 18.8 Å². The average molecular weight is 381 g/mol. The molecule has 0 unspecified atom stereocenters. The van der Waals surface area contributed by atoms with Crippen molar-refractivity contribution in [1.82, 2.24) is 0 Å². The first kappa shape index (κ1) is 19.3. The number of halogens is 1. The zero-order valence-electron chi connectivity index (χ0n) is 15.4. The molecule has 0 radical (unpaired) electrons. The van der Waals surface area contributed by atoms with Gasteiger partial charge in [0.15, 0.2) is 0 Å². The molecule has 2 N–H and O–H groups in total. The molecule has 3 amide bonds. The molecular formula is C21H20FN3O3. The second kappa shape index (κ2) is 8.47. The van der Waals surface area contributed by atoms with Crippen molar-refractivity contribution in [2.45, 2.75) is 19.8 Å². The number of benzene rings is 2. The first-order valence-electron chi connectivity index (χ1n) is 8.89. The van der Waals surface area contributed by atoms with Crippen molar-refractivity contribution in [3.8, 4) is 0 Å². The second-order valence-electron chi connectivity index (χ2n) is 6.44. The Bertz CT molecular complexity index is 938. The standard InChI is InChI=1S/C21H20FN3O3/c1-14(26)23-19-13-16(7-10-18(19)22)24-20(27)11-6-15-4-8-17(9-5-15)25-12-2-3-21(25)28/h4-11,13H,2-3,12H2,1H3,(H,23,26)(H,24,27)/b11-6+. The topological polar surface area (TPSA) is 78.5 Å². The number of carbonyl (C=O) groups is 3. The van der Waals surface area contributed by atoms with Crippen LogP contribution in [-0.4, -0.2) is 24.3 Å². The summed E-state index contributed by atoms with van der Waals surface area (Å²) in [5.74, 6) is -1.25. The van der Waals surface area contributed by atoms with Gasteiger partial charge in [0.05, 0.1) is 5.69 Å². The number of anilines is 3. The van der Waals surface area contributed by atoms with Crippen LogP contribution in [0.15, 0.2) is 48.5 Å². The molecule has 1 fully saturated rings. The third kappa shape index (κ3) is 4.82. The molecule has 1 saturated heterocycles. The maximum absolute atomic E-state index is 13.6. The number of carbonyl (C=O) groups excluding carboxylic acids is 3. The first-order valence-corrected chi connectivity index (χ1v) is 8.89. The highest BCUT2D eigenvalue weighted by Crippen LogP contribution is 2.22. The number of nitrogens with zero attached hydrogens (tertiary/aromatic N) is 1. The molecule has 7 heteroatoms. The van der Waals surface area contributed by atoms with E-state index in [9.17, 15) is 18.8 Å². The smallest absolute Gasteiger partial charge is 0.248 e. The number of hydrogen-bond acceptors (Lipinski definition) is 3. The molecule has 0 aromatic heterocycles. The van der Waals surface area contributed by atoms with Crippen LogP contribution in [0.5, 0.6) is 0 Å². The van der Waals surface area contributed by atoms with Gasteiger partial charge in [-0.25, -0.2) is 4.39 Å². The summed E-state index contributed by atoms with van der Waals surface area (Å²) < 4.78 is 13.6. The minimum atomic E-state index is -0.583. The number of amides is 3. The fraction of sp³-hybridized carbons (Fsp3) is 0.190. The van der Waals surface area contributed by atoms with Gasteiger partial charge in [0.2, 0.25) is 17.7 Å². The Labute approximate surface area is 162 Å². The molecule has 1 aliphatic heterocycles. The van der Waals surface area contributed by atoms with Gasteiger partial charge < -0.3 is 15.5 Å². The van der Waals surface area contributed by atoms with Crippen LogP contribution in [0, 0.1) is 5.82 Å². The van der Waals surface area contributed by atoms with E-state index < -0.39 is 11.7 Å². The van der Waals surface area contributed by atoms with Crippen LogP contribution >= 0.6 is 0 Å². The van der Waals surface area contributed by atoms with E-state index in [1.165, 1.54) is 31.2 Å². The van der Waals surface area contributed by atoms with E-state index in [4.69, 9.17) is 0 Å². The number of hydrogen-bond donors (Lipinski definition) is 2. The lowest BCUT2D eigenvalue weighted by molar-refractivity contribution is -0.117. The van der Waals surface area contributed by atoms with Gasteiger partial charge in [-0.1, -0.05) is 12.1 Å². The molecule has 0 atom stereocenters. The SMILES string of the molecule is CC(=O)Nc1cc(NC(=O)/C=C/c2ccc(N3CCCC3=O)cc2)ccc1F. The molecule has 144 valence electrons. The van der Waals surface area contributed by atoms with Gasteiger partial charge in [-0.15, -0.1) is 0 Å². The third-order valence-electron chi connectivity index (χ3n) is 4.25. The lowest BCUT2D eigenvalue weighted by Gasteiger charge is -2.15. The summed E-state index contributed by atoms with van der Waals surface area (Å²) >= 11 is 0. The monoisotopic (exact) mass is 381 g/mol. The fourth-order valence-electron chi connectivity index (χ4n) is 2.93. The third-order valence-corrected chi connectivity index (χ3v) is 4.25. The minimum absolute atomic E-state index is 0.00123. The van der Waals surface area contributed by atoms with Crippen LogP contribution in [0.2, 0.25) is 0 Å². The predicted octanol–water partition coefficient (Wildman–Crippen LogP) is 3.56. The van der Waals surface area contributed by atoms with Gasteiger partial charge in [-0.05, 0) is 48.4 Å². The second-order valence-corrected chi connectivity index (χ2v) is 6.44. The van der Waals surface area contributed by atoms with E-state index >= 15 is 0 Å². The summed E-state index contributed by atoms with van der Waals surface area (Å²) in [7, 11) is 0. The molecular weight excluding hydrogens is 361 g/mol. The van der Waals surface area contributed by atoms with E-state index in [1.54, 1.807) is 11.0 Å². The summed E-state index contributed by atoms with van der Waals surface area (Å²) in [6.45, 7) is 2.01. The maximum Gasteiger partial charge on any atom is 0.248 e. The van der Waals surface area contributed by atoms with Crippen LogP contribution in [0.1, 0.15) is 25.3 Å². The Morgan fingerprint density at radius 3 is 2.50 bits per heavy atom. The molecule has 0 aliphatic carbocycles. The zero-order chi connectivity index (χ0) is 20.1. The Morgan fingerprint density at radius 2 is 1.86 bits per heavy atom. The highest BCUT2D eigenvalue weighted by molar-refractivity contribution is 6.02. The minimum Gasteiger partial charge on any atom is -0.324 e. The van der Waals surface area contributed by atoms with Crippen molar-refractivity contribution in [2.24, 2.45) is 0 Å². The van der Waals surface area contributed by atoms with Crippen molar-refractivity contribution in [1.29, 1.82) is 0 Å². The highest BCUT2D eigenvalue weighted by atomic mass is 19.1. The van der Waals surface area contributed by atoms with E-state index in [1.807, 2.05) is 24.3 Å². The molecule has 2 aromatic rings. The predicted molar refractivity (Wildman–Crippen MR) is 106 cm³/mol. The van der Waals surface area contributed by atoms with E-state index in [-0.39, 0.29) is 17.5 Å². The largest absolute Gasteiger partial charge is 0.324 e. The number of nitrogens with one attached hydrogen (secondary N) is 2. The molecule has 6 nitrogen and oxygen atoms in total. The zero-order valence-corrected chi connectivity index (χ0v) is 15.4. The molecule has 2 aromatic carbocycles. The van der Waals surface area contributed by atoms with E-state index in [0.717, 1.165) is 24.2 Å². The van der Waals surface area contributed by atoms with Crippen molar-refractivity contribution in [3.05, 3.63) is 59.9 Å². The lowest BCUT2D eigenvalue weighted by Crippen LogP contribution is -2.23. The Morgan fingerprint density at radius 1 is 1.11 bits per heavy atom. The summed E-state index contributed by atoms with van der Waals surface area (Å²) in [5.41, 5.74) is 2.02. The van der Waals surface area contributed by atoms with Crippen LogP contribution in [0.3, 0.4) is 0 Å². The van der Waals surface area contributed by atoms with Crippen molar-refractivity contribution in [2.75, 3.05) is 22.1 Å². The van der Waals surface area contributed by atoms with Gasteiger partial charge >= 0.3 is 0 Å². The quantitative estimate of drug-likeness (QED) is 0.778. The van der Waals surface area contributed by atoms with Crippen LogP contribution < -0.4 is 15.5 Å². The van der Waals surface area contributed by atoms with Crippen molar-refractivity contribution >= 4 is 40.9 Å². The van der Waals surface area contributed by atoms with Crippen LogP contribution in [0.4, 0.5) is 21.5 Å². The maximum atomic E-state index is 13.6. The average Bonchev–Trinajstić information content (AvgIpc) is 3.09. The summed E-state index contributed by atoms with van der Waals surface area (Å²) in [5, 5.41) is 4.98. The van der Waals surface area contributed by atoms with Gasteiger partial charge in [-0.3, -0.25) is 14.4 Å². The van der Waals surface area contributed by atoms with E-state index in [0.29, 0.717) is 12.1 Å². The fourth-order valence-corrected chi connectivity index (χ4v) is 2.93. The molecule has 0 saturated carbocycles. The molecule has 0 bridgehead atoms. The molecule has 1 aliphatic rings. The van der Waals surface area contributed by atoms with Gasteiger partial charge in [-0.2, -0.15) is 0 Å². The normalized spacial score (nSPS) is 13.8. The Hall–Kier alpha value is -3.48. The highest BCUT2D eigenvalue weighted by Gasteiger charge is 2.21. The molecule has 3 rings (SSSR count). The molecule has 1 heterocycles. The Balaban J connectivity index is 1.62. The van der Waals surface area contributed by atoms with Gasteiger partial charge in [0.25, 0.3) is 0 Å². The summed E-state index contributed by atoms with van der Waals surface area (Å²) in [4.78, 5) is 36.7. The van der Waals surface area contributed by atoms with Gasteiger partial charge in [0, 0.05) is 37.3 Å².